The molecule has 0 spiro atoms. The summed E-state index contributed by atoms with van der Waals surface area (Å²) in [5.41, 5.74) is 9.57. The van der Waals surface area contributed by atoms with Crippen molar-refractivity contribution < 1.29 is 33.5 Å². The first-order valence-corrected chi connectivity index (χ1v) is 20.7. The molecule has 2 heterocycles. The Morgan fingerprint density at radius 1 is 0.468 bits per heavy atom. The van der Waals surface area contributed by atoms with Crippen LogP contribution in [0.25, 0.3) is 55.0 Å². The van der Waals surface area contributed by atoms with Gasteiger partial charge in [0.25, 0.3) is 0 Å². The lowest BCUT2D eigenvalue weighted by Crippen LogP contribution is -2.09. The molecule has 11 nitrogen and oxygen atoms in total. The summed E-state index contributed by atoms with van der Waals surface area (Å²) in [5.74, 6) is -1.14. The number of hydrogen-bond acceptors (Lipinski definition) is 9. The van der Waals surface area contributed by atoms with E-state index >= 15 is 0 Å². The van der Waals surface area contributed by atoms with Crippen molar-refractivity contribution in [1.29, 1.82) is 0 Å². The van der Waals surface area contributed by atoms with Crippen LogP contribution in [0, 0.1) is 0 Å². The molecule has 2 aromatic heterocycles. The zero-order chi connectivity index (χ0) is 43.2. The number of rotatable bonds is 16. The van der Waals surface area contributed by atoms with Gasteiger partial charge in [0, 0.05) is 89.5 Å². The van der Waals surface area contributed by atoms with Crippen molar-refractivity contribution in [2.24, 2.45) is 10.3 Å². The third kappa shape index (κ3) is 8.54. The Hall–Kier alpha value is -7.21. The molecule has 0 amide bonds. The lowest BCUT2D eigenvalue weighted by molar-refractivity contribution is -0.141. The molecule has 0 fully saturated rings. The highest BCUT2D eigenvalue weighted by atomic mass is 16.7. The number of hydrogen-bond donors (Lipinski definition) is 0. The largest absolute Gasteiger partial charge is 0.381 e. The van der Waals surface area contributed by atoms with Gasteiger partial charge in [0.1, 0.15) is 0 Å². The average Bonchev–Trinajstić information content (AvgIpc) is 3.80. The summed E-state index contributed by atoms with van der Waals surface area (Å²) in [7, 11) is 0. The molecule has 0 N–H and O–H groups in total. The number of carbonyl (C=O) groups is 3. The Kier molecular flexibility index (Phi) is 12.5. The van der Waals surface area contributed by atoms with Crippen molar-refractivity contribution in [3.05, 3.63) is 156 Å². The molecular weight excluding hydrogens is 781 g/mol. The SMILES string of the molecule is CCOCCC(=NOC(C)=O)c1ccc(-n2c3ccc(C(=O)c4ccc(-n5c6ccccc6c6ccccc65)cc4)cc3c3cc(C(CCOCC)=NOC(C)=O)ccc32)cc1. The number of benzene rings is 6. The molecular formula is C51H46N4O7. The Bertz CT molecular complexity index is 2960. The second-order valence-corrected chi connectivity index (χ2v) is 14.7. The lowest BCUT2D eigenvalue weighted by Gasteiger charge is -2.11. The maximum Gasteiger partial charge on any atom is 0.331 e. The molecule has 0 aliphatic carbocycles. The predicted octanol–water partition coefficient (Wildman–Crippen LogP) is 10.5. The Balaban J connectivity index is 1.21. The van der Waals surface area contributed by atoms with Crippen LogP contribution in [-0.2, 0) is 28.7 Å². The van der Waals surface area contributed by atoms with E-state index in [1.165, 1.54) is 24.6 Å². The van der Waals surface area contributed by atoms with Crippen LogP contribution >= 0.6 is 0 Å². The Morgan fingerprint density at radius 3 is 1.35 bits per heavy atom. The van der Waals surface area contributed by atoms with Crippen LogP contribution in [0.1, 0.15) is 67.6 Å². The van der Waals surface area contributed by atoms with Crippen LogP contribution in [0.2, 0.25) is 0 Å². The average molecular weight is 827 g/mol. The third-order valence-electron chi connectivity index (χ3n) is 10.7. The van der Waals surface area contributed by atoms with Gasteiger partial charge >= 0.3 is 11.9 Å². The molecule has 0 aliphatic heterocycles. The smallest absolute Gasteiger partial charge is 0.331 e. The number of para-hydroxylation sites is 2. The first kappa shape index (κ1) is 41.5. The minimum atomic E-state index is -0.523. The number of oxime groups is 2. The molecule has 0 aliphatic rings. The highest BCUT2D eigenvalue weighted by Gasteiger charge is 2.19. The molecule has 8 aromatic rings. The van der Waals surface area contributed by atoms with Gasteiger partial charge < -0.3 is 28.3 Å². The van der Waals surface area contributed by atoms with E-state index in [4.69, 9.17) is 19.1 Å². The van der Waals surface area contributed by atoms with Crippen molar-refractivity contribution in [3.63, 3.8) is 0 Å². The van der Waals surface area contributed by atoms with Gasteiger partial charge in [0.15, 0.2) is 5.78 Å². The number of fused-ring (bicyclic) bond motifs is 6. The minimum Gasteiger partial charge on any atom is -0.381 e. The van der Waals surface area contributed by atoms with Crippen molar-refractivity contribution in [3.8, 4) is 11.4 Å². The van der Waals surface area contributed by atoms with Gasteiger partial charge in [-0.15, -0.1) is 0 Å². The number of nitrogens with zero attached hydrogens (tertiary/aromatic N) is 4. The highest BCUT2D eigenvalue weighted by molar-refractivity contribution is 6.17. The molecule has 8 rings (SSSR count). The topological polar surface area (TPSA) is 123 Å². The van der Waals surface area contributed by atoms with Crippen LogP contribution < -0.4 is 0 Å². The van der Waals surface area contributed by atoms with E-state index in [0.29, 0.717) is 61.8 Å². The number of aromatic nitrogens is 2. The van der Waals surface area contributed by atoms with Gasteiger partial charge in [-0.2, -0.15) is 0 Å². The summed E-state index contributed by atoms with van der Waals surface area (Å²) in [6, 6.07) is 44.1. The first-order valence-electron chi connectivity index (χ1n) is 20.7. The van der Waals surface area contributed by atoms with Crippen molar-refractivity contribution in [2.75, 3.05) is 26.4 Å². The number of carbonyl (C=O) groups excluding carboxylic acids is 3. The van der Waals surface area contributed by atoms with Crippen molar-refractivity contribution >= 4 is 72.8 Å². The summed E-state index contributed by atoms with van der Waals surface area (Å²) >= 11 is 0. The molecule has 62 heavy (non-hydrogen) atoms. The van der Waals surface area contributed by atoms with Crippen LogP contribution in [0.15, 0.2) is 144 Å². The predicted molar refractivity (Wildman–Crippen MR) is 244 cm³/mol. The standard InChI is InChI=1S/C51H46N4O7/c1-5-59-29-27-45(52-61-33(3)56)35-15-21-39(22-16-35)55-49-25-19-37(46(28-30-60-6-2)53-62-34(4)57)31-43(49)44-32-38(20-26-50(44)55)51(58)36-17-23-40(24-18-36)54-47-13-9-7-11-41(47)42-12-8-10-14-48(42)54/h7-26,31-32H,5-6,27-30H2,1-4H3. The quantitative estimate of drug-likeness (QED) is 0.0312. The zero-order valence-corrected chi connectivity index (χ0v) is 35.1. The fourth-order valence-electron chi connectivity index (χ4n) is 7.90. The number of ether oxygens (including phenoxy) is 2. The normalized spacial score (nSPS) is 12.1. The van der Waals surface area contributed by atoms with Crippen molar-refractivity contribution in [2.45, 2.75) is 40.5 Å². The van der Waals surface area contributed by atoms with E-state index in [0.717, 1.165) is 55.3 Å². The highest BCUT2D eigenvalue weighted by Crippen LogP contribution is 2.35. The first-order chi connectivity index (χ1) is 30.2. The van der Waals surface area contributed by atoms with Gasteiger partial charge in [0.2, 0.25) is 0 Å². The second-order valence-electron chi connectivity index (χ2n) is 14.7. The summed E-state index contributed by atoms with van der Waals surface area (Å²) in [6.07, 6.45) is 0.875. The molecule has 0 atom stereocenters. The summed E-state index contributed by atoms with van der Waals surface area (Å²) < 4.78 is 15.6. The molecule has 0 saturated carbocycles. The maximum absolute atomic E-state index is 14.3. The molecule has 0 unspecified atom stereocenters. The van der Waals surface area contributed by atoms with E-state index < -0.39 is 11.9 Å². The molecule has 312 valence electrons. The summed E-state index contributed by atoms with van der Waals surface area (Å²) in [6.45, 7) is 8.38. The lowest BCUT2D eigenvalue weighted by atomic mass is 9.99. The van der Waals surface area contributed by atoms with E-state index in [-0.39, 0.29) is 5.78 Å². The van der Waals surface area contributed by atoms with E-state index in [1.807, 2.05) is 111 Å². The van der Waals surface area contributed by atoms with Gasteiger partial charge in [-0.05, 0) is 98.3 Å². The van der Waals surface area contributed by atoms with Gasteiger partial charge in [-0.25, -0.2) is 9.59 Å². The Labute approximate surface area is 358 Å². The van der Waals surface area contributed by atoms with Gasteiger partial charge in [0.05, 0.1) is 46.7 Å². The monoisotopic (exact) mass is 826 g/mol. The number of ketones is 1. The molecule has 0 radical (unpaired) electrons. The van der Waals surface area contributed by atoms with Crippen molar-refractivity contribution in [1.82, 2.24) is 9.13 Å². The third-order valence-corrected chi connectivity index (χ3v) is 10.7. The van der Waals surface area contributed by atoms with Crippen LogP contribution in [0.5, 0.6) is 0 Å². The van der Waals surface area contributed by atoms with E-state index in [2.05, 4.69) is 55.8 Å². The Morgan fingerprint density at radius 2 is 0.871 bits per heavy atom. The minimum absolute atomic E-state index is 0.109. The van der Waals surface area contributed by atoms with E-state index in [9.17, 15) is 14.4 Å². The fraction of sp³-hybridized carbons (Fsp3) is 0.196. The maximum atomic E-state index is 14.3. The van der Waals surface area contributed by atoms with Crippen LogP contribution in [0.3, 0.4) is 0 Å². The van der Waals surface area contributed by atoms with Gasteiger partial charge in [-0.3, -0.25) is 4.79 Å². The fourth-order valence-corrected chi connectivity index (χ4v) is 7.90. The van der Waals surface area contributed by atoms with Crippen LogP contribution in [-0.4, -0.2) is 64.7 Å². The summed E-state index contributed by atoms with van der Waals surface area (Å²) in [4.78, 5) is 47.9. The molecule has 6 aromatic carbocycles. The second kappa shape index (κ2) is 18.6. The molecule has 0 bridgehead atoms. The molecule has 0 saturated heterocycles. The van der Waals surface area contributed by atoms with Crippen LogP contribution in [0.4, 0.5) is 0 Å². The van der Waals surface area contributed by atoms with E-state index in [1.54, 1.807) is 0 Å². The molecule has 11 heteroatoms. The van der Waals surface area contributed by atoms with Gasteiger partial charge in [-0.1, -0.05) is 64.9 Å². The zero-order valence-electron chi connectivity index (χ0n) is 35.1. The summed E-state index contributed by atoms with van der Waals surface area (Å²) in [5, 5.41) is 12.4.